The summed E-state index contributed by atoms with van der Waals surface area (Å²) in [5.74, 6) is 0. The van der Waals surface area contributed by atoms with Crippen LogP contribution < -0.4 is 13.7 Å². The molecule has 0 aliphatic rings. The Labute approximate surface area is 104 Å². The van der Waals surface area contributed by atoms with Crippen molar-refractivity contribution in [3.8, 4) is 0 Å². The van der Waals surface area contributed by atoms with Gasteiger partial charge in [0.1, 0.15) is 0 Å². The second-order valence-electron chi connectivity index (χ2n) is 0.500. The molecule has 10 heteroatoms. The van der Waals surface area contributed by atoms with Gasteiger partial charge in [0.25, 0.3) is 0 Å². The first-order valence-electron chi connectivity index (χ1n) is 1.22. The SMILES string of the molecule is [Mn+2].[O]=[Ti]([O-])[O-].[O]=[Zr]([O-])[O-].[Pb+2]. The van der Waals surface area contributed by atoms with Gasteiger partial charge < -0.3 is 0 Å². The van der Waals surface area contributed by atoms with E-state index in [0.29, 0.717) is 0 Å². The maximum Gasteiger partial charge on any atom is 2.00 e. The quantitative estimate of drug-likeness (QED) is 0.308. The van der Waals surface area contributed by atoms with Crippen molar-refractivity contribution >= 4 is 27.3 Å². The van der Waals surface area contributed by atoms with Crippen LogP contribution in [0.4, 0.5) is 0 Å². The van der Waals surface area contributed by atoms with Crippen LogP contribution in [0.1, 0.15) is 0 Å². The zero-order valence-electron chi connectivity index (χ0n) is 4.33. The third kappa shape index (κ3) is 153. The average molecular weight is 497 g/mol. The first-order chi connectivity index (χ1) is 3.46. The van der Waals surface area contributed by atoms with Gasteiger partial charge in [-0.3, -0.25) is 0 Å². The van der Waals surface area contributed by atoms with Crippen molar-refractivity contribution in [2.45, 2.75) is 0 Å². The van der Waals surface area contributed by atoms with Crippen molar-refractivity contribution in [1.82, 2.24) is 0 Å². The van der Waals surface area contributed by atoms with Gasteiger partial charge in [-0.25, -0.2) is 0 Å². The smallest absolute Gasteiger partial charge is 2.00 e. The molecule has 55 valence electrons. The fourth-order valence-electron chi connectivity index (χ4n) is 0. The summed E-state index contributed by atoms with van der Waals surface area (Å²) in [5, 5.41) is 0. The Kier molecular flexibility index (Phi) is 40.1. The van der Waals surface area contributed by atoms with Crippen molar-refractivity contribution in [1.29, 1.82) is 0 Å². The maximum atomic E-state index is 8.61. The molecule has 0 saturated carbocycles. The minimum absolute atomic E-state index is 0. The molecule has 0 N–H and O–H groups in total. The zero-order valence-corrected chi connectivity index (χ0v) is 13.4. The molecule has 10 heavy (non-hydrogen) atoms. The molecule has 0 rings (SSSR count). The Morgan fingerprint density at radius 3 is 1.20 bits per heavy atom. The van der Waals surface area contributed by atoms with Crippen LogP contribution >= 0.6 is 0 Å². The van der Waals surface area contributed by atoms with E-state index in [1.54, 1.807) is 0 Å². The van der Waals surface area contributed by atoms with Crippen LogP contribution in [0.3, 0.4) is 0 Å². The molecular formula is MnO6PbTiZr. The Bertz CT molecular complexity index is 75.7. The third-order valence-corrected chi connectivity index (χ3v) is 0. The second kappa shape index (κ2) is 17.5. The minimum atomic E-state index is -4.29. The summed E-state index contributed by atoms with van der Waals surface area (Å²) in [7, 11) is 0. The van der Waals surface area contributed by atoms with Crippen LogP contribution in [0.25, 0.3) is 0 Å². The molecule has 0 aliphatic carbocycles. The molecule has 0 atom stereocenters. The standard InChI is InChI=1S/Mn.6O.Pb.Ti.Zr/q+2;;;4*-1;+2;;. The Morgan fingerprint density at radius 2 is 1.20 bits per heavy atom. The van der Waals surface area contributed by atoms with Crippen LogP contribution in [0.15, 0.2) is 0 Å². The first-order valence-corrected chi connectivity index (χ1v) is 6.15. The van der Waals surface area contributed by atoms with Gasteiger partial charge in [0.05, 0.1) is 0 Å². The van der Waals surface area contributed by atoms with E-state index < -0.39 is 41.3 Å². The van der Waals surface area contributed by atoms with E-state index in [1.165, 1.54) is 0 Å². The van der Waals surface area contributed by atoms with Crippen LogP contribution in [0, 0.1) is 0 Å². The largest absolute Gasteiger partial charge is 2.00 e. The van der Waals surface area contributed by atoms with Crippen LogP contribution in [-0.4, -0.2) is 27.3 Å². The summed E-state index contributed by atoms with van der Waals surface area (Å²) in [6, 6.07) is 0. The molecule has 0 aromatic carbocycles. The van der Waals surface area contributed by atoms with Gasteiger partial charge >= 0.3 is 105 Å². The molecule has 0 aromatic rings. The minimum Gasteiger partial charge on any atom is 2.00 e. The van der Waals surface area contributed by atoms with Crippen LogP contribution in [-0.2, 0) is 64.5 Å². The van der Waals surface area contributed by atoms with Gasteiger partial charge in [-0.15, -0.1) is 0 Å². The van der Waals surface area contributed by atoms with Gasteiger partial charge in [0, 0.05) is 0 Å². The summed E-state index contributed by atoms with van der Waals surface area (Å²) in [6.07, 6.45) is 0. The molecule has 3 radical (unpaired) electrons. The molecular weight excluding hydrogens is 497 g/mol. The molecule has 0 fully saturated rings. The summed E-state index contributed by atoms with van der Waals surface area (Å²) in [6.45, 7) is 0. The predicted octanol–water partition coefficient (Wildman–Crippen LogP) is -5.38. The van der Waals surface area contributed by atoms with Gasteiger partial charge in [-0.2, -0.15) is 0 Å². The van der Waals surface area contributed by atoms with Gasteiger partial charge in [0.15, 0.2) is 0 Å². The fraction of sp³-hybridized carbons (Fsp3) is 0. The Morgan fingerprint density at radius 1 is 1.20 bits per heavy atom. The van der Waals surface area contributed by atoms with Crippen molar-refractivity contribution in [2.75, 3.05) is 0 Å². The van der Waals surface area contributed by atoms with E-state index >= 15 is 0 Å². The normalized spacial score (nSPS) is 5.20. The van der Waals surface area contributed by atoms with E-state index in [0.717, 1.165) is 0 Å². The van der Waals surface area contributed by atoms with Crippen molar-refractivity contribution in [2.24, 2.45) is 0 Å². The topological polar surface area (TPSA) is 126 Å². The Balaban J connectivity index is -0.0000000300. The van der Waals surface area contributed by atoms with Crippen molar-refractivity contribution in [3.05, 3.63) is 0 Å². The molecule has 0 spiro atoms. The number of hydrogen-bond donors (Lipinski definition) is 0. The monoisotopic (exact) mass is 497 g/mol. The molecule has 0 saturated heterocycles. The van der Waals surface area contributed by atoms with Crippen molar-refractivity contribution < 1.29 is 78.2 Å². The predicted molar refractivity (Wildman–Crippen MR) is 7.13 cm³/mol. The van der Waals surface area contributed by atoms with E-state index in [1.807, 2.05) is 0 Å². The van der Waals surface area contributed by atoms with E-state index in [-0.39, 0.29) is 44.4 Å². The summed E-state index contributed by atoms with van der Waals surface area (Å²) in [5.41, 5.74) is 0. The summed E-state index contributed by atoms with van der Waals surface area (Å²) >= 11 is -8.38. The van der Waals surface area contributed by atoms with Gasteiger partial charge in [0.2, 0.25) is 0 Å². The molecule has 0 aliphatic heterocycles. The van der Waals surface area contributed by atoms with Crippen molar-refractivity contribution in [3.63, 3.8) is 0 Å². The molecule has 0 amide bonds. The zero-order chi connectivity index (χ0) is 7.15. The van der Waals surface area contributed by atoms with Crippen LogP contribution in [0.5, 0.6) is 0 Å². The average Bonchev–Trinajstić information content (AvgIpc) is 1.25. The maximum absolute atomic E-state index is 8.61. The second-order valence-corrected chi connectivity index (χ2v) is 2.51. The third-order valence-electron chi connectivity index (χ3n) is 0. The van der Waals surface area contributed by atoms with Gasteiger partial charge in [-0.1, -0.05) is 0 Å². The first kappa shape index (κ1) is 22.9. The molecule has 0 unspecified atom stereocenters. The molecule has 6 nitrogen and oxygen atoms in total. The number of hydrogen-bond acceptors (Lipinski definition) is 6. The van der Waals surface area contributed by atoms with Gasteiger partial charge in [-0.05, 0) is 0 Å². The molecule has 0 aromatic heterocycles. The fourth-order valence-corrected chi connectivity index (χ4v) is 0. The Hall–Kier alpha value is 2.48. The molecule has 0 heterocycles. The number of rotatable bonds is 0. The summed E-state index contributed by atoms with van der Waals surface area (Å²) in [4.78, 5) is 0. The van der Waals surface area contributed by atoms with E-state index in [4.69, 9.17) is 19.9 Å². The summed E-state index contributed by atoms with van der Waals surface area (Å²) < 4.78 is 51.6. The van der Waals surface area contributed by atoms with Crippen LogP contribution in [0.2, 0.25) is 0 Å². The van der Waals surface area contributed by atoms with E-state index in [9.17, 15) is 0 Å². The molecule has 0 bridgehead atoms. The van der Waals surface area contributed by atoms with E-state index in [2.05, 4.69) is 0 Å².